The Balaban J connectivity index is 1.75. The van der Waals surface area contributed by atoms with Gasteiger partial charge < -0.3 is 15.0 Å². The van der Waals surface area contributed by atoms with Gasteiger partial charge >= 0.3 is 5.97 Å². The summed E-state index contributed by atoms with van der Waals surface area (Å²) in [5, 5.41) is 3.00. The zero-order chi connectivity index (χ0) is 18.4. The lowest BCUT2D eigenvalue weighted by molar-refractivity contribution is -0.151. The SMILES string of the molecule is C[C@H]1CCCN(C(=O)COC(=O)CNC(=O)c2ccc(Cl)cc2Cl)C1. The number of carbonyl (C=O) groups excluding carboxylic acids is 3. The van der Waals surface area contributed by atoms with E-state index in [0.29, 0.717) is 24.0 Å². The largest absolute Gasteiger partial charge is 0.454 e. The van der Waals surface area contributed by atoms with Gasteiger partial charge in [0.15, 0.2) is 6.61 Å². The predicted octanol–water partition coefficient (Wildman–Crippen LogP) is 2.52. The molecule has 0 aliphatic carbocycles. The van der Waals surface area contributed by atoms with Gasteiger partial charge in [0.25, 0.3) is 11.8 Å². The van der Waals surface area contributed by atoms with Gasteiger partial charge in [0.05, 0.1) is 10.6 Å². The van der Waals surface area contributed by atoms with Gasteiger partial charge in [-0.15, -0.1) is 0 Å². The van der Waals surface area contributed by atoms with Gasteiger partial charge in [-0.3, -0.25) is 14.4 Å². The third-order valence-corrected chi connectivity index (χ3v) is 4.48. The molecule has 1 fully saturated rings. The maximum Gasteiger partial charge on any atom is 0.325 e. The van der Waals surface area contributed by atoms with Crippen LogP contribution in [0.1, 0.15) is 30.1 Å². The van der Waals surface area contributed by atoms with Crippen molar-refractivity contribution in [3.63, 3.8) is 0 Å². The fraction of sp³-hybridized carbons (Fsp3) is 0.471. The van der Waals surface area contributed by atoms with E-state index in [-0.39, 0.29) is 29.6 Å². The summed E-state index contributed by atoms with van der Waals surface area (Å²) in [7, 11) is 0. The summed E-state index contributed by atoms with van der Waals surface area (Å²) in [6, 6.07) is 4.43. The van der Waals surface area contributed by atoms with E-state index in [1.54, 1.807) is 4.90 Å². The quantitative estimate of drug-likeness (QED) is 0.788. The summed E-state index contributed by atoms with van der Waals surface area (Å²) in [4.78, 5) is 37.4. The molecule has 0 unspecified atom stereocenters. The minimum Gasteiger partial charge on any atom is -0.454 e. The third kappa shape index (κ3) is 5.90. The number of esters is 1. The first-order valence-corrected chi connectivity index (χ1v) is 8.79. The van der Waals surface area contributed by atoms with Crippen LogP contribution in [0.25, 0.3) is 0 Å². The Kier molecular flexibility index (Phi) is 7.08. The van der Waals surface area contributed by atoms with Crippen LogP contribution < -0.4 is 5.32 Å². The molecule has 2 amide bonds. The van der Waals surface area contributed by atoms with Gasteiger partial charge in [-0.25, -0.2) is 0 Å². The van der Waals surface area contributed by atoms with Crippen LogP contribution in [0.2, 0.25) is 10.0 Å². The van der Waals surface area contributed by atoms with Crippen molar-refractivity contribution >= 4 is 41.0 Å². The Morgan fingerprint density at radius 2 is 2.08 bits per heavy atom. The van der Waals surface area contributed by atoms with Gasteiger partial charge in [0.1, 0.15) is 6.54 Å². The molecule has 0 bridgehead atoms. The zero-order valence-electron chi connectivity index (χ0n) is 13.9. The second kappa shape index (κ2) is 9.06. The molecule has 8 heteroatoms. The van der Waals surface area contributed by atoms with E-state index in [1.165, 1.54) is 18.2 Å². The Morgan fingerprint density at radius 3 is 2.76 bits per heavy atom. The minimum atomic E-state index is -0.683. The van der Waals surface area contributed by atoms with Crippen LogP contribution in [0, 0.1) is 5.92 Å². The van der Waals surface area contributed by atoms with E-state index in [4.69, 9.17) is 27.9 Å². The van der Waals surface area contributed by atoms with Crippen LogP contribution in [0.5, 0.6) is 0 Å². The molecule has 1 aromatic carbocycles. The highest BCUT2D eigenvalue weighted by molar-refractivity contribution is 6.36. The smallest absolute Gasteiger partial charge is 0.325 e. The Labute approximate surface area is 156 Å². The van der Waals surface area contributed by atoms with E-state index in [2.05, 4.69) is 12.2 Å². The molecule has 0 aromatic heterocycles. The molecule has 1 N–H and O–H groups in total. The van der Waals surface area contributed by atoms with E-state index >= 15 is 0 Å². The fourth-order valence-corrected chi connectivity index (χ4v) is 3.12. The second-order valence-corrected chi connectivity index (χ2v) is 6.90. The molecule has 0 saturated carbocycles. The molecule has 1 aliphatic heterocycles. The molecule has 6 nitrogen and oxygen atoms in total. The maximum absolute atomic E-state index is 12.0. The number of nitrogens with one attached hydrogen (secondary N) is 1. The monoisotopic (exact) mass is 386 g/mol. The normalized spacial score (nSPS) is 17.1. The number of ether oxygens (including phenoxy) is 1. The number of halogens is 2. The molecule has 1 atom stereocenters. The summed E-state index contributed by atoms with van der Waals surface area (Å²) in [5.41, 5.74) is 0.206. The number of piperidine rings is 1. The summed E-state index contributed by atoms with van der Waals surface area (Å²) < 4.78 is 4.93. The standard InChI is InChI=1S/C17H20Cl2N2O4/c1-11-3-2-6-21(9-11)15(22)10-25-16(23)8-20-17(24)13-5-4-12(18)7-14(13)19/h4-5,7,11H,2-3,6,8-10H2,1H3,(H,20,24)/t11-/m0/s1. The van der Waals surface area contributed by atoms with Crippen molar-refractivity contribution in [2.45, 2.75) is 19.8 Å². The van der Waals surface area contributed by atoms with Gasteiger partial charge in [0.2, 0.25) is 0 Å². The highest BCUT2D eigenvalue weighted by Gasteiger charge is 2.22. The Bertz CT molecular complexity index is 666. The highest BCUT2D eigenvalue weighted by Crippen LogP contribution is 2.20. The van der Waals surface area contributed by atoms with Crippen molar-refractivity contribution < 1.29 is 19.1 Å². The lowest BCUT2D eigenvalue weighted by Gasteiger charge is -2.30. The summed E-state index contributed by atoms with van der Waals surface area (Å²) in [6.45, 7) is 2.79. The number of amides is 2. The lowest BCUT2D eigenvalue weighted by atomic mass is 10.0. The molecule has 0 spiro atoms. The van der Waals surface area contributed by atoms with Crippen LogP contribution in [0.15, 0.2) is 18.2 Å². The number of rotatable bonds is 5. The average Bonchev–Trinajstić information content (AvgIpc) is 2.57. The van der Waals surface area contributed by atoms with Crippen molar-refractivity contribution in [2.24, 2.45) is 5.92 Å². The van der Waals surface area contributed by atoms with Crippen molar-refractivity contribution in [1.29, 1.82) is 0 Å². The van der Waals surface area contributed by atoms with Crippen molar-refractivity contribution in [1.82, 2.24) is 10.2 Å². The second-order valence-electron chi connectivity index (χ2n) is 6.05. The molecule has 2 rings (SSSR count). The molecule has 1 aliphatic rings. The van der Waals surface area contributed by atoms with Crippen LogP contribution in [0.4, 0.5) is 0 Å². The number of nitrogens with zero attached hydrogens (tertiary/aromatic N) is 1. The lowest BCUT2D eigenvalue weighted by Crippen LogP contribution is -2.42. The zero-order valence-corrected chi connectivity index (χ0v) is 15.4. The van der Waals surface area contributed by atoms with Crippen LogP contribution in [-0.2, 0) is 14.3 Å². The van der Waals surface area contributed by atoms with Gasteiger partial charge in [-0.05, 0) is 37.0 Å². The van der Waals surface area contributed by atoms with Crippen molar-refractivity contribution in [3.8, 4) is 0 Å². The maximum atomic E-state index is 12.0. The number of hydrogen-bond acceptors (Lipinski definition) is 4. The summed E-state index contributed by atoms with van der Waals surface area (Å²) in [6.07, 6.45) is 2.06. The molecule has 1 heterocycles. The number of likely N-dealkylation sites (tertiary alicyclic amines) is 1. The van der Waals surface area contributed by atoms with Crippen molar-refractivity contribution in [3.05, 3.63) is 33.8 Å². The molecule has 1 aromatic rings. The topological polar surface area (TPSA) is 75.7 Å². The van der Waals surface area contributed by atoms with Crippen LogP contribution >= 0.6 is 23.2 Å². The third-order valence-electron chi connectivity index (χ3n) is 3.94. The van der Waals surface area contributed by atoms with E-state index < -0.39 is 11.9 Å². The molecule has 136 valence electrons. The first-order valence-electron chi connectivity index (χ1n) is 8.03. The first-order chi connectivity index (χ1) is 11.9. The molecular weight excluding hydrogens is 367 g/mol. The highest BCUT2D eigenvalue weighted by atomic mass is 35.5. The summed E-state index contributed by atoms with van der Waals surface area (Å²) >= 11 is 11.7. The number of carbonyl (C=O) groups is 3. The summed E-state index contributed by atoms with van der Waals surface area (Å²) in [5.74, 6) is -0.963. The van der Waals surface area contributed by atoms with Gasteiger partial charge in [0, 0.05) is 18.1 Å². The molecule has 1 saturated heterocycles. The van der Waals surface area contributed by atoms with Gasteiger partial charge in [-0.2, -0.15) is 0 Å². The number of hydrogen-bond donors (Lipinski definition) is 1. The Morgan fingerprint density at radius 1 is 1.32 bits per heavy atom. The molecular formula is C17H20Cl2N2O4. The average molecular weight is 387 g/mol. The fourth-order valence-electron chi connectivity index (χ4n) is 2.62. The molecule has 25 heavy (non-hydrogen) atoms. The molecule has 0 radical (unpaired) electrons. The van der Waals surface area contributed by atoms with E-state index in [0.717, 1.165) is 12.8 Å². The first kappa shape index (κ1) is 19.5. The number of benzene rings is 1. The van der Waals surface area contributed by atoms with E-state index in [1.807, 2.05) is 0 Å². The van der Waals surface area contributed by atoms with Crippen LogP contribution in [-0.4, -0.2) is 48.9 Å². The predicted molar refractivity (Wildman–Crippen MR) is 94.7 cm³/mol. The minimum absolute atomic E-state index is 0.188. The van der Waals surface area contributed by atoms with Gasteiger partial charge in [-0.1, -0.05) is 30.1 Å². The Hall–Kier alpha value is -1.79. The van der Waals surface area contributed by atoms with Crippen molar-refractivity contribution in [2.75, 3.05) is 26.2 Å². The van der Waals surface area contributed by atoms with Crippen LogP contribution in [0.3, 0.4) is 0 Å². The van der Waals surface area contributed by atoms with E-state index in [9.17, 15) is 14.4 Å².